The molecule has 2 aromatic carbocycles. The summed E-state index contributed by atoms with van der Waals surface area (Å²) in [5, 5.41) is 5.80. The van der Waals surface area contributed by atoms with Crippen LogP contribution in [-0.2, 0) is 4.79 Å². The van der Waals surface area contributed by atoms with Crippen molar-refractivity contribution in [1.82, 2.24) is 0 Å². The molecule has 0 fully saturated rings. The number of carbonyl (C=O) groups is 2. The normalized spacial score (nSPS) is 10.6. The Morgan fingerprint density at radius 2 is 1.10 bits per heavy atom. The highest BCUT2D eigenvalue weighted by Crippen LogP contribution is 2.16. The second-order valence-electron chi connectivity index (χ2n) is 8.23. The molecule has 0 bridgehead atoms. The lowest BCUT2D eigenvalue weighted by atomic mass is 10.1. The third-order valence-electron chi connectivity index (χ3n) is 5.47. The zero-order valence-corrected chi connectivity index (χ0v) is 19.0. The summed E-state index contributed by atoms with van der Waals surface area (Å²) in [5.74, 6) is -0.0918. The van der Waals surface area contributed by atoms with Crippen LogP contribution in [0.1, 0.15) is 94.3 Å². The zero-order chi connectivity index (χ0) is 22.2. The SMILES string of the molecule is CCCCCCCCCCCCCC(=O)Nc1ccc(NC(=O)c2ccccc2)cc1. The summed E-state index contributed by atoms with van der Waals surface area (Å²) in [7, 11) is 0. The van der Waals surface area contributed by atoms with Gasteiger partial charge in [-0.2, -0.15) is 0 Å². The molecule has 0 aliphatic carbocycles. The van der Waals surface area contributed by atoms with Gasteiger partial charge in [-0.25, -0.2) is 0 Å². The van der Waals surface area contributed by atoms with Crippen LogP contribution in [0.3, 0.4) is 0 Å². The Morgan fingerprint density at radius 3 is 1.65 bits per heavy atom. The predicted octanol–water partition coefficient (Wildman–Crippen LogP) is 7.58. The summed E-state index contributed by atoms with van der Waals surface area (Å²) in [5.41, 5.74) is 2.08. The fraction of sp³-hybridized carbons (Fsp3) is 0.481. The van der Waals surface area contributed by atoms with Gasteiger partial charge in [0, 0.05) is 23.4 Å². The van der Waals surface area contributed by atoms with Crippen molar-refractivity contribution in [2.45, 2.75) is 84.0 Å². The lowest BCUT2D eigenvalue weighted by molar-refractivity contribution is -0.116. The second kappa shape index (κ2) is 15.2. The van der Waals surface area contributed by atoms with Crippen LogP contribution >= 0.6 is 0 Å². The average molecular weight is 423 g/mol. The van der Waals surface area contributed by atoms with Gasteiger partial charge in [0.1, 0.15) is 0 Å². The first kappa shape index (κ1) is 24.6. The van der Waals surface area contributed by atoms with Gasteiger partial charge in [0.15, 0.2) is 0 Å². The summed E-state index contributed by atoms with van der Waals surface area (Å²) in [6.45, 7) is 2.25. The Kier molecular flexibility index (Phi) is 12.1. The summed E-state index contributed by atoms with van der Waals surface area (Å²) >= 11 is 0. The van der Waals surface area contributed by atoms with Crippen molar-refractivity contribution >= 4 is 23.2 Å². The number of unbranched alkanes of at least 4 members (excludes halogenated alkanes) is 10. The number of benzene rings is 2. The molecule has 0 aliphatic rings. The molecule has 168 valence electrons. The summed E-state index contributed by atoms with van der Waals surface area (Å²) in [6.07, 6.45) is 14.6. The van der Waals surface area contributed by atoms with Crippen LogP contribution < -0.4 is 10.6 Å². The molecule has 2 amide bonds. The van der Waals surface area contributed by atoms with E-state index in [1.54, 1.807) is 24.3 Å². The number of nitrogens with one attached hydrogen (secondary N) is 2. The number of amides is 2. The van der Waals surface area contributed by atoms with Gasteiger partial charge in [0.05, 0.1) is 0 Å². The lowest BCUT2D eigenvalue weighted by Crippen LogP contribution is -2.12. The van der Waals surface area contributed by atoms with Crippen LogP contribution in [0, 0.1) is 0 Å². The van der Waals surface area contributed by atoms with Gasteiger partial charge in [0.2, 0.25) is 5.91 Å². The standard InChI is InChI=1S/C27H38N2O2/c1-2-3-4-5-6-7-8-9-10-11-15-18-26(30)28-24-19-21-25(22-20-24)29-27(31)23-16-13-12-14-17-23/h12-14,16-17,19-22H,2-11,15,18H2,1H3,(H,28,30)(H,29,31). The molecule has 0 spiro atoms. The Bertz CT molecular complexity index is 757. The largest absolute Gasteiger partial charge is 0.326 e. The zero-order valence-electron chi connectivity index (χ0n) is 19.0. The van der Waals surface area contributed by atoms with Crippen LogP contribution in [0.5, 0.6) is 0 Å². The molecule has 2 rings (SSSR count). The van der Waals surface area contributed by atoms with E-state index in [1.807, 2.05) is 30.3 Å². The third kappa shape index (κ3) is 10.8. The van der Waals surface area contributed by atoms with Gasteiger partial charge >= 0.3 is 0 Å². The minimum atomic E-state index is -0.145. The molecule has 31 heavy (non-hydrogen) atoms. The molecule has 0 aliphatic heterocycles. The summed E-state index contributed by atoms with van der Waals surface area (Å²) in [6, 6.07) is 16.4. The topological polar surface area (TPSA) is 58.2 Å². The van der Waals surface area contributed by atoms with E-state index in [-0.39, 0.29) is 11.8 Å². The van der Waals surface area contributed by atoms with Crippen LogP contribution in [-0.4, -0.2) is 11.8 Å². The van der Waals surface area contributed by atoms with Gasteiger partial charge in [-0.3, -0.25) is 9.59 Å². The maximum absolute atomic E-state index is 12.2. The van der Waals surface area contributed by atoms with Crippen molar-refractivity contribution in [1.29, 1.82) is 0 Å². The Balaban J connectivity index is 1.54. The number of carbonyl (C=O) groups excluding carboxylic acids is 2. The molecule has 0 saturated carbocycles. The molecule has 0 radical (unpaired) electrons. The summed E-state index contributed by atoms with van der Waals surface area (Å²) < 4.78 is 0. The third-order valence-corrected chi connectivity index (χ3v) is 5.47. The van der Waals surface area contributed by atoms with Gasteiger partial charge in [-0.1, -0.05) is 89.3 Å². The van der Waals surface area contributed by atoms with E-state index in [4.69, 9.17) is 0 Å². The minimum Gasteiger partial charge on any atom is -0.326 e. The Labute approximate surface area is 187 Å². The fourth-order valence-corrected chi connectivity index (χ4v) is 3.60. The van der Waals surface area contributed by atoms with E-state index in [2.05, 4.69) is 17.6 Å². The molecule has 2 aromatic rings. The van der Waals surface area contributed by atoms with Crippen molar-refractivity contribution in [3.63, 3.8) is 0 Å². The maximum atomic E-state index is 12.2. The highest BCUT2D eigenvalue weighted by Gasteiger charge is 2.06. The van der Waals surface area contributed by atoms with Crippen LogP contribution in [0.2, 0.25) is 0 Å². The lowest BCUT2D eigenvalue weighted by Gasteiger charge is -2.08. The number of rotatable bonds is 15. The quantitative estimate of drug-likeness (QED) is 0.291. The van der Waals surface area contributed by atoms with Gasteiger partial charge in [0.25, 0.3) is 5.91 Å². The van der Waals surface area contributed by atoms with Gasteiger partial charge in [-0.05, 0) is 42.8 Å². The molecular weight excluding hydrogens is 384 g/mol. The van der Waals surface area contributed by atoms with E-state index in [1.165, 1.54) is 57.8 Å². The Morgan fingerprint density at radius 1 is 0.613 bits per heavy atom. The van der Waals surface area contributed by atoms with E-state index < -0.39 is 0 Å². The molecule has 4 nitrogen and oxygen atoms in total. The predicted molar refractivity (Wildman–Crippen MR) is 131 cm³/mol. The van der Waals surface area contributed by atoms with Crippen LogP contribution in [0.25, 0.3) is 0 Å². The monoisotopic (exact) mass is 422 g/mol. The number of hydrogen-bond donors (Lipinski definition) is 2. The first-order valence-corrected chi connectivity index (χ1v) is 12.0. The first-order chi connectivity index (χ1) is 15.2. The molecule has 2 N–H and O–H groups in total. The second-order valence-corrected chi connectivity index (χ2v) is 8.23. The van der Waals surface area contributed by atoms with E-state index in [0.717, 1.165) is 18.5 Å². The molecule has 0 heterocycles. The first-order valence-electron chi connectivity index (χ1n) is 12.0. The van der Waals surface area contributed by atoms with E-state index in [9.17, 15) is 9.59 Å². The highest BCUT2D eigenvalue weighted by molar-refractivity contribution is 6.04. The fourth-order valence-electron chi connectivity index (χ4n) is 3.60. The molecule has 0 aromatic heterocycles. The minimum absolute atomic E-state index is 0.0528. The molecular formula is C27H38N2O2. The highest BCUT2D eigenvalue weighted by atomic mass is 16.2. The van der Waals surface area contributed by atoms with Gasteiger partial charge < -0.3 is 10.6 Å². The van der Waals surface area contributed by atoms with Crippen molar-refractivity contribution < 1.29 is 9.59 Å². The smallest absolute Gasteiger partial charge is 0.255 e. The number of anilines is 2. The molecule has 0 atom stereocenters. The molecule has 4 heteroatoms. The van der Waals surface area contributed by atoms with Crippen LogP contribution in [0.15, 0.2) is 54.6 Å². The average Bonchev–Trinajstić information content (AvgIpc) is 2.79. The summed E-state index contributed by atoms with van der Waals surface area (Å²) in [4.78, 5) is 24.3. The molecule has 0 saturated heterocycles. The number of hydrogen-bond acceptors (Lipinski definition) is 2. The van der Waals surface area contributed by atoms with Crippen molar-refractivity contribution in [3.05, 3.63) is 60.2 Å². The van der Waals surface area contributed by atoms with Crippen molar-refractivity contribution in [2.24, 2.45) is 0 Å². The van der Waals surface area contributed by atoms with Crippen molar-refractivity contribution in [3.8, 4) is 0 Å². The van der Waals surface area contributed by atoms with Crippen LogP contribution in [0.4, 0.5) is 11.4 Å². The van der Waals surface area contributed by atoms with Crippen molar-refractivity contribution in [2.75, 3.05) is 10.6 Å². The molecule has 0 unspecified atom stereocenters. The van der Waals surface area contributed by atoms with Gasteiger partial charge in [-0.15, -0.1) is 0 Å². The maximum Gasteiger partial charge on any atom is 0.255 e. The Hall–Kier alpha value is -2.62. The van der Waals surface area contributed by atoms with E-state index >= 15 is 0 Å². The van der Waals surface area contributed by atoms with E-state index in [0.29, 0.717) is 17.7 Å².